The first-order chi connectivity index (χ1) is 11.3. The fraction of sp³-hybridized carbons (Fsp3) is 0.810. The lowest BCUT2D eigenvalue weighted by molar-refractivity contribution is -0.184. The van der Waals surface area contributed by atoms with Crippen LogP contribution in [0.1, 0.15) is 65.2 Å². The van der Waals surface area contributed by atoms with Crippen molar-refractivity contribution in [2.75, 3.05) is 7.11 Å². The van der Waals surface area contributed by atoms with Crippen LogP contribution in [0.25, 0.3) is 0 Å². The average Bonchev–Trinajstić information content (AvgIpc) is 2.74. The van der Waals surface area contributed by atoms with Gasteiger partial charge in [-0.15, -0.1) is 0 Å². The first-order valence-corrected chi connectivity index (χ1v) is 9.61. The molecule has 4 fully saturated rings. The van der Waals surface area contributed by atoms with Crippen LogP contribution in [0, 0.1) is 34.0 Å². The number of methoxy groups -OCH3 is 1. The number of hydrogen-bond donors (Lipinski definition) is 0. The molecule has 4 rings (SSSR count). The number of hydrogen-bond acceptors (Lipinski definition) is 3. The van der Waals surface area contributed by atoms with Crippen LogP contribution in [0.4, 0.5) is 0 Å². The van der Waals surface area contributed by atoms with E-state index >= 15 is 0 Å². The van der Waals surface area contributed by atoms with Gasteiger partial charge in [0.2, 0.25) is 0 Å². The third kappa shape index (κ3) is 1.74. The summed E-state index contributed by atoms with van der Waals surface area (Å²) in [6.45, 7) is 8.62. The fourth-order valence-electron chi connectivity index (χ4n) is 7.59. The first-order valence-electron chi connectivity index (χ1n) is 9.61. The second-order valence-electron chi connectivity index (χ2n) is 9.40. The summed E-state index contributed by atoms with van der Waals surface area (Å²) in [5.41, 5.74) is 0.412. The molecular weight excluding hydrogens is 300 g/mol. The van der Waals surface area contributed by atoms with Gasteiger partial charge in [0.1, 0.15) is 0 Å². The lowest BCUT2D eigenvalue weighted by Gasteiger charge is -2.62. The first kappa shape index (κ1) is 16.4. The Labute approximate surface area is 145 Å². The largest absolute Gasteiger partial charge is 0.469 e. The molecule has 132 valence electrons. The van der Waals surface area contributed by atoms with Crippen molar-refractivity contribution in [2.45, 2.75) is 65.2 Å². The Kier molecular flexibility index (Phi) is 3.38. The Bertz CT molecular complexity index is 623. The molecule has 4 aliphatic rings. The van der Waals surface area contributed by atoms with E-state index in [1.54, 1.807) is 0 Å². The van der Waals surface area contributed by atoms with E-state index < -0.39 is 5.41 Å². The number of carbonyl (C=O) groups excluding carboxylic acids is 2. The van der Waals surface area contributed by atoms with Crippen LogP contribution in [-0.4, -0.2) is 18.9 Å². The van der Waals surface area contributed by atoms with Crippen molar-refractivity contribution in [2.24, 2.45) is 34.0 Å². The van der Waals surface area contributed by atoms with Gasteiger partial charge in [0, 0.05) is 5.41 Å². The lowest BCUT2D eigenvalue weighted by atomic mass is 9.41. The summed E-state index contributed by atoms with van der Waals surface area (Å²) in [6.07, 6.45) is 8.29. The third-order valence-corrected chi connectivity index (χ3v) is 8.62. The van der Waals surface area contributed by atoms with Gasteiger partial charge in [-0.1, -0.05) is 19.9 Å². The molecule has 3 heteroatoms. The molecule has 0 unspecified atom stereocenters. The average molecular weight is 330 g/mol. The van der Waals surface area contributed by atoms with Crippen molar-refractivity contribution in [3.8, 4) is 0 Å². The molecule has 0 saturated heterocycles. The number of fused-ring (bicyclic) bond motifs is 3. The Morgan fingerprint density at radius 1 is 1.12 bits per heavy atom. The summed E-state index contributed by atoms with van der Waals surface area (Å²) in [5.74, 6) is 1.48. The van der Waals surface area contributed by atoms with Gasteiger partial charge in [-0.25, -0.2) is 0 Å². The number of carbonyl (C=O) groups is 2. The van der Waals surface area contributed by atoms with Gasteiger partial charge in [-0.2, -0.15) is 0 Å². The Morgan fingerprint density at radius 3 is 2.58 bits per heavy atom. The lowest BCUT2D eigenvalue weighted by Crippen LogP contribution is -2.59. The molecule has 0 aromatic carbocycles. The number of Topliss-reactive ketones (excluding diaryl/α,β-unsaturated/α-hetero) is 1. The van der Waals surface area contributed by atoms with Crippen molar-refractivity contribution in [3.63, 3.8) is 0 Å². The highest BCUT2D eigenvalue weighted by molar-refractivity contribution is 6.03. The van der Waals surface area contributed by atoms with E-state index in [0.717, 1.165) is 56.9 Å². The second kappa shape index (κ2) is 4.95. The molecule has 0 aromatic heterocycles. The third-order valence-electron chi connectivity index (χ3n) is 8.62. The maximum Gasteiger partial charge on any atom is 0.311 e. The minimum Gasteiger partial charge on any atom is -0.469 e. The highest BCUT2D eigenvalue weighted by Gasteiger charge is 2.68. The van der Waals surface area contributed by atoms with Crippen LogP contribution in [0.2, 0.25) is 0 Å². The zero-order valence-electron chi connectivity index (χ0n) is 15.3. The molecule has 24 heavy (non-hydrogen) atoms. The molecule has 0 amide bonds. The predicted octanol–water partition coefficient (Wildman–Crippen LogP) is 4.31. The Morgan fingerprint density at radius 2 is 1.88 bits per heavy atom. The number of esters is 1. The number of ketones is 1. The summed E-state index contributed by atoms with van der Waals surface area (Å²) in [7, 11) is 1.51. The summed E-state index contributed by atoms with van der Waals surface area (Å²) in [6, 6.07) is 0. The van der Waals surface area contributed by atoms with E-state index in [2.05, 4.69) is 20.4 Å². The molecule has 4 aliphatic carbocycles. The van der Waals surface area contributed by atoms with Gasteiger partial charge in [-0.05, 0) is 80.6 Å². The second-order valence-corrected chi connectivity index (χ2v) is 9.40. The molecule has 4 saturated carbocycles. The number of allylic oxidation sites excluding steroid dienone is 1. The van der Waals surface area contributed by atoms with E-state index in [9.17, 15) is 9.59 Å². The van der Waals surface area contributed by atoms with Crippen LogP contribution in [-0.2, 0) is 14.3 Å². The van der Waals surface area contributed by atoms with Crippen LogP contribution >= 0.6 is 0 Å². The predicted molar refractivity (Wildman–Crippen MR) is 92.2 cm³/mol. The number of ether oxygens (including phenoxy) is 1. The standard InChI is InChI=1S/C21H30O3/c1-13-14-6-7-16-19(2)9-5-10-20(3,18(23)24-4)15(19)8-11-21(16,12-14)17(13)22/h14-16H,1,5-12H2,2-4H3/t14-,15+,16+,19-,20-,21-/m0/s1. The molecule has 3 nitrogen and oxygen atoms in total. The van der Waals surface area contributed by atoms with E-state index in [1.165, 1.54) is 7.11 Å². The van der Waals surface area contributed by atoms with Gasteiger partial charge in [0.25, 0.3) is 0 Å². The maximum atomic E-state index is 13.1. The van der Waals surface area contributed by atoms with Gasteiger partial charge in [0.15, 0.2) is 5.78 Å². The zero-order valence-corrected chi connectivity index (χ0v) is 15.3. The molecule has 2 bridgehead atoms. The molecule has 0 aliphatic heterocycles. The minimum absolute atomic E-state index is 0.0507. The van der Waals surface area contributed by atoms with Crippen LogP contribution < -0.4 is 0 Å². The summed E-state index contributed by atoms with van der Waals surface area (Å²) in [5, 5.41) is 0. The molecule has 0 heterocycles. The quantitative estimate of drug-likeness (QED) is 0.531. The normalized spacial score (nSPS) is 50.2. The monoisotopic (exact) mass is 330 g/mol. The van der Waals surface area contributed by atoms with Crippen LogP contribution in [0.15, 0.2) is 12.2 Å². The van der Waals surface area contributed by atoms with Gasteiger partial charge in [-0.3, -0.25) is 9.59 Å². The maximum absolute atomic E-state index is 13.1. The SMILES string of the molecule is C=C1C(=O)[C@]23CC[C@@H]4[C@](C)(CCC[C@]4(C)C(=O)OC)[C@H]2CC[C@H]1C3. The van der Waals surface area contributed by atoms with Gasteiger partial charge in [0.05, 0.1) is 12.5 Å². The van der Waals surface area contributed by atoms with Crippen LogP contribution in [0.3, 0.4) is 0 Å². The zero-order chi connectivity index (χ0) is 17.3. The van der Waals surface area contributed by atoms with E-state index in [4.69, 9.17) is 4.74 Å². The number of rotatable bonds is 1. The van der Waals surface area contributed by atoms with Crippen molar-refractivity contribution in [1.82, 2.24) is 0 Å². The van der Waals surface area contributed by atoms with Gasteiger partial charge < -0.3 is 4.74 Å². The topological polar surface area (TPSA) is 43.4 Å². The molecule has 6 atom stereocenters. The van der Waals surface area contributed by atoms with E-state index in [0.29, 0.717) is 23.5 Å². The molecule has 1 spiro atoms. The van der Waals surface area contributed by atoms with Crippen molar-refractivity contribution in [3.05, 3.63) is 12.2 Å². The Hall–Kier alpha value is -1.12. The summed E-state index contributed by atoms with van der Waals surface area (Å²) in [4.78, 5) is 25.7. The Balaban J connectivity index is 1.77. The molecule has 0 radical (unpaired) electrons. The van der Waals surface area contributed by atoms with Crippen LogP contribution in [0.5, 0.6) is 0 Å². The van der Waals surface area contributed by atoms with Crippen molar-refractivity contribution >= 4 is 11.8 Å². The van der Waals surface area contributed by atoms with Gasteiger partial charge >= 0.3 is 5.97 Å². The summed E-state index contributed by atoms with van der Waals surface area (Å²) >= 11 is 0. The van der Waals surface area contributed by atoms with E-state index in [1.807, 2.05) is 0 Å². The van der Waals surface area contributed by atoms with Crippen molar-refractivity contribution < 1.29 is 14.3 Å². The highest BCUT2D eigenvalue weighted by atomic mass is 16.5. The highest BCUT2D eigenvalue weighted by Crippen LogP contribution is 2.71. The fourth-order valence-corrected chi connectivity index (χ4v) is 7.59. The van der Waals surface area contributed by atoms with E-state index in [-0.39, 0.29) is 16.8 Å². The molecular formula is C21H30O3. The molecule has 0 aromatic rings. The minimum atomic E-state index is -0.390. The molecule has 0 N–H and O–H groups in total. The van der Waals surface area contributed by atoms with Crippen molar-refractivity contribution in [1.29, 1.82) is 0 Å². The summed E-state index contributed by atoms with van der Waals surface area (Å²) < 4.78 is 5.20. The smallest absolute Gasteiger partial charge is 0.311 e.